The van der Waals surface area contributed by atoms with Gasteiger partial charge in [-0.15, -0.1) is 0 Å². The van der Waals surface area contributed by atoms with Gasteiger partial charge in [0.05, 0.1) is 12.2 Å². The normalized spacial score (nSPS) is 12.9. The SMILES string of the molecule is Cc1cc(C)c(NC(=O)CN(C)C(=O)c2nn(-c3ccc(F)cc3)c3c2CCCC3)c(C)c1. The lowest BCUT2D eigenvalue weighted by molar-refractivity contribution is -0.116. The molecule has 0 bridgehead atoms. The number of aromatic nitrogens is 2. The molecule has 0 unspecified atom stereocenters. The molecular weight excluding hydrogens is 419 g/mol. The van der Waals surface area contributed by atoms with Crippen molar-refractivity contribution in [1.29, 1.82) is 0 Å². The number of halogens is 1. The molecule has 2 amide bonds. The fourth-order valence-corrected chi connectivity index (χ4v) is 4.59. The number of amides is 2. The van der Waals surface area contributed by atoms with Crippen LogP contribution < -0.4 is 5.32 Å². The van der Waals surface area contributed by atoms with Crippen LogP contribution in [0.5, 0.6) is 0 Å². The van der Waals surface area contributed by atoms with Gasteiger partial charge in [0.2, 0.25) is 5.91 Å². The summed E-state index contributed by atoms with van der Waals surface area (Å²) >= 11 is 0. The van der Waals surface area contributed by atoms with Crippen LogP contribution in [-0.2, 0) is 17.6 Å². The van der Waals surface area contributed by atoms with Crippen molar-refractivity contribution < 1.29 is 14.0 Å². The summed E-state index contributed by atoms with van der Waals surface area (Å²) in [6.07, 6.45) is 3.57. The summed E-state index contributed by atoms with van der Waals surface area (Å²) in [4.78, 5) is 27.4. The second-order valence-corrected chi connectivity index (χ2v) is 8.85. The molecule has 0 saturated carbocycles. The Bertz CT molecular complexity index is 1190. The minimum atomic E-state index is -0.319. The van der Waals surface area contributed by atoms with Crippen molar-refractivity contribution >= 4 is 17.5 Å². The van der Waals surface area contributed by atoms with Gasteiger partial charge in [-0.05, 0) is 81.8 Å². The van der Waals surface area contributed by atoms with E-state index in [1.807, 2.05) is 32.9 Å². The first kappa shape index (κ1) is 22.7. The molecule has 7 heteroatoms. The van der Waals surface area contributed by atoms with Gasteiger partial charge in [-0.3, -0.25) is 9.59 Å². The number of likely N-dealkylation sites (N-methyl/N-ethyl adjacent to an activating group) is 1. The van der Waals surface area contributed by atoms with Gasteiger partial charge < -0.3 is 10.2 Å². The zero-order valence-electron chi connectivity index (χ0n) is 19.5. The molecule has 3 aromatic rings. The number of aryl methyl sites for hydroxylation is 3. The van der Waals surface area contributed by atoms with Crippen LogP contribution in [0.3, 0.4) is 0 Å². The van der Waals surface area contributed by atoms with E-state index in [9.17, 15) is 14.0 Å². The van der Waals surface area contributed by atoms with Crippen LogP contribution in [0.15, 0.2) is 36.4 Å². The topological polar surface area (TPSA) is 67.2 Å². The number of carbonyl (C=O) groups excluding carboxylic acids is 2. The van der Waals surface area contributed by atoms with Crippen molar-refractivity contribution in [2.24, 2.45) is 0 Å². The van der Waals surface area contributed by atoms with E-state index in [0.717, 1.165) is 65.0 Å². The molecule has 6 nitrogen and oxygen atoms in total. The Morgan fingerprint density at radius 1 is 1.06 bits per heavy atom. The fourth-order valence-electron chi connectivity index (χ4n) is 4.59. The summed E-state index contributed by atoms with van der Waals surface area (Å²) in [6, 6.07) is 10.1. The lowest BCUT2D eigenvalue weighted by Crippen LogP contribution is -2.36. The highest BCUT2D eigenvalue weighted by Crippen LogP contribution is 2.28. The molecule has 1 N–H and O–H groups in total. The maximum absolute atomic E-state index is 13.4. The van der Waals surface area contributed by atoms with E-state index in [2.05, 4.69) is 10.4 Å². The number of nitrogens with one attached hydrogen (secondary N) is 1. The molecule has 4 rings (SSSR count). The van der Waals surface area contributed by atoms with Gasteiger partial charge >= 0.3 is 0 Å². The maximum Gasteiger partial charge on any atom is 0.274 e. The van der Waals surface area contributed by atoms with Crippen molar-refractivity contribution in [1.82, 2.24) is 14.7 Å². The molecule has 0 fully saturated rings. The molecule has 1 aromatic heterocycles. The number of carbonyl (C=O) groups is 2. The van der Waals surface area contributed by atoms with Gasteiger partial charge in [0.25, 0.3) is 5.91 Å². The summed E-state index contributed by atoms with van der Waals surface area (Å²) in [5.74, 6) is -0.866. The summed E-state index contributed by atoms with van der Waals surface area (Å²) < 4.78 is 15.1. The largest absolute Gasteiger partial charge is 0.331 e. The number of hydrogen-bond donors (Lipinski definition) is 1. The van der Waals surface area contributed by atoms with Gasteiger partial charge in [0.1, 0.15) is 5.82 Å². The van der Waals surface area contributed by atoms with Gasteiger partial charge in [-0.1, -0.05) is 17.7 Å². The number of nitrogens with zero attached hydrogens (tertiary/aromatic N) is 3. The van der Waals surface area contributed by atoms with Gasteiger partial charge in [0, 0.05) is 24.0 Å². The third kappa shape index (κ3) is 4.67. The Hall–Kier alpha value is -3.48. The highest BCUT2D eigenvalue weighted by atomic mass is 19.1. The Morgan fingerprint density at radius 2 is 1.70 bits per heavy atom. The summed E-state index contributed by atoms with van der Waals surface area (Å²) in [7, 11) is 1.61. The van der Waals surface area contributed by atoms with Crippen molar-refractivity contribution in [3.05, 3.63) is 75.9 Å². The van der Waals surface area contributed by atoms with E-state index in [1.54, 1.807) is 23.9 Å². The van der Waals surface area contributed by atoms with E-state index in [-0.39, 0.29) is 24.2 Å². The third-order valence-corrected chi connectivity index (χ3v) is 6.12. The molecular formula is C26H29FN4O2. The van der Waals surface area contributed by atoms with E-state index in [4.69, 9.17) is 0 Å². The zero-order chi connectivity index (χ0) is 23.7. The quantitative estimate of drug-likeness (QED) is 0.624. The lowest BCUT2D eigenvalue weighted by Gasteiger charge is -2.19. The molecule has 0 saturated heterocycles. The van der Waals surface area contributed by atoms with Crippen molar-refractivity contribution in [3.63, 3.8) is 0 Å². The highest BCUT2D eigenvalue weighted by Gasteiger charge is 2.28. The predicted molar refractivity (Wildman–Crippen MR) is 126 cm³/mol. The monoisotopic (exact) mass is 448 g/mol. The first-order valence-electron chi connectivity index (χ1n) is 11.2. The maximum atomic E-state index is 13.4. The summed E-state index contributed by atoms with van der Waals surface area (Å²) in [6.45, 7) is 5.85. The first-order valence-corrected chi connectivity index (χ1v) is 11.2. The number of hydrogen-bond acceptors (Lipinski definition) is 3. The van der Waals surface area contributed by atoms with Crippen LogP contribution in [0, 0.1) is 26.6 Å². The molecule has 0 atom stereocenters. The third-order valence-electron chi connectivity index (χ3n) is 6.12. The second kappa shape index (κ2) is 9.17. The van der Waals surface area contributed by atoms with Crippen LogP contribution in [0.4, 0.5) is 10.1 Å². The first-order chi connectivity index (χ1) is 15.7. The molecule has 1 heterocycles. The van der Waals surface area contributed by atoms with Crippen LogP contribution in [-0.4, -0.2) is 40.1 Å². The average Bonchev–Trinajstić information content (AvgIpc) is 3.16. The minimum Gasteiger partial charge on any atom is -0.331 e. The summed E-state index contributed by atoms with van der Waals surface area (Å²) in [5.41, 5.74) is 6.89. The van der Waals surface area contributed by atoms with E-state index in [1.165, 1.54) is 17.0 Å². The van der Waals surface area contributed by atoms with Gasteiger partial charge in [-0.25, -0.2) is 9.07 Å². The second-order valence-electron chi connectivity index (χ2n) is 8.85. The fraction of sp³-hybridized carbons (Fsp3) is 0.346. The van der Waals surface area contributed by atoms with Crippen molar-refractivity contribution in [2.75, 3.05) is 18.9 Å². The van der Waals surface area contributed by atoms with Crippen LogP contribution >= 0.6 is 0 Å². The number of benzene rings is 2. The Labute approximate surface area is 193 Å². The number of rotatable bonds is 5. The highest BCUT2D eigenvalue weighted by molar-refractivity contribution is 5.99. The number of fused-ring (bicyclic) bond motifs is 1. The molecule has 1 aliphatic rings. The number of anilines is 1. The van der Waals surface area contributed by atoms with E-state index < -0.39 is 0 Å². The smallest absolute Gasteiger partial charge is 0.274 e. The van der Waals surface area contributed by atoms with Gasteiger partial charge in [-0.2, -0.15) is 5.10 Å². The molecule has 33 heavy (non-hydrogen) atoms. The average molecular weight is 449 g/mol. The Morgan fingerprint density at radius 3 is 2.36 bits per heavy atom. The standard InChI is InChI=1S/C26H29FN4O2/c1-16-13-17(2)24(18(3)14-16)28-23(32)15-30(4)26(33)25-21-7-5-6-8-22(21)31(29-25)20-11-9-19(27)10-12-20/h9-14H,5-8,15H2,1-4H3,(H,28,32). The van der Waals surface area contributed by atoms with Crippen LogP contribution in [0.2, 0.25) is 0 Å². The van der Waals surface area contributed by atoms with Crippen LogP contribution in [0.1, 0.15) is 51.3 Å². The van der Waals surface area contributed by atoms with Gasteiger partial charge in [0.15, 0.2) is 5.69 Å². The van der Waals surface area contributed by atoms with Crippen LogP contribution in [0.25, 0.3) is 5.69 Å². The van der Waals surface area contributed by atoms with Crippen molar-refractivity contribution in [2.45, 2.75) is 46.5 Å². The Kier molecular flexibility index (Phi) is 6.31. The van der Waals surface area contributed by atoms with Crippen molar-refractivity contribution in [3.8, 4) is 5.69 Å². The molecule has 0 spiro atoms. The lowest BCUT2D eigenvalue weighted by atomic mass is 9.95. The van der Waals surface area contributed by atoms with E-state index >= 15 is 0 Å². The Balaban J connectivity index is 1.55. The molecule has 172 valence electrons. The molecule has 0 radical (unpaired) electrons. The summed E-state index contributed by atoms with van der Waals surface area (Å²) in [5, 5.41) is 7.56. The molecule has 0 aliphatic heterocycles. The van der Waals surface area contributed by atoms with E-state index in [0.29, 0.717) is 5.69 Å². The minimum absolute atomic E-state index is 0.0796. The predicted octanol–water partition coefficient (Wildman–Crippen LogP) is 4.53. The molecule has 2 aromatic carbocycles. The zero-order valence-corrected chi connectivity index (χ0v) is 19.5. The molecule has 1 aliphatic carbocycles.